The van der Waals surface area contributed by atoms with Crippen LogP contribution in [0.15, 0.2) is 24.3 Å². The molecule has 3 heteroatoms. The molecule has 0 spiro atoms. The van der Waals surface area contributed by atoms with E-state index in [2.05, 4.69) is 36.3 Å². The largest absolute Gasteiger partial charge is 0.495 e. The van der Waals surface area contributed by atoms with Gasteiger partial charge in [0.1, 0.15) is 5.75 Å². The number of methoxy groups -OCH3 is 1. The van der Waals surface area contributed by atoms with Gasteiger partial charge in [-0.05, 0) is 25.6 Å². The summed E-state index contributed by atoms with van der Waals surface area (Å²) in [7, 11) is 1.70. The fourth-order valence-corrected chi connectivity index (χ4v) is 1.97. The maximum atomic E-state index is 5.33. The molecule has 0 aliphatic rings. The predicted molar refractivity (Wildman–Crippen MR) is 66.9 cm³/mol. The Morgan fingerprint density at radius 1 is 1.44 bits per heavy atom. The molecule has 0 radical (unpaired) electrons. The lowest BCUT2D eigenvalue weighted by Crippen LogP contribution is -2.17. The van der Waals surface area contributed by atoms with Crippen molar-refractivity contribution in [1.29, 1.82) is 0 Å². The van der Waals surface area contributed by atoms with E-state index in [-0.39, 0.29) is 0 Å². The molecule has 0 saturated heterocycles. The van der Waals surface area contributed by atoms with Crippen LogP contribution < -0.4 is 10.1 Å². The standard InChI is InChI=1S/C13H18N2O/c1-4-14-9(2)11-8-10-6-5-7-12(16-3)13(10)15-11/h5-9,14-15H,4H2,1-3H3. The number of rotatable bonds is 4. The first-order chi connectivity index (χ1) is 7.76. The van der Waals surface area contributed by atoms with E-state index in [1.807, 2.05) is 12.1 Å². The predicted octanol–water partition coefficient (Wildman–Crippen LogP) is 2.85. The summed E-state index contributed by atoms with van der Waals surface area (Å²) in [5.74, 6) is 0.896. The Hall–Kier alpha value is -1.48. The van der Waals surface area contributed by atoms with E-state index in [1.54, 1.807) is 7.11 Å². The Balaban J connectivity index is 2.43. The summed E-state index contributed by atoms with van der Waals surface area (Å²) in [5.41, 5.74) is 2.27. The molecular weight excluding hydrogens is 200 g/mol. The van der Waals surface area contributed by atoms with Gasteiger partial charge in [-0.2, -0.15) is 0 Å². The summed E-state index contributed by atoms with van der Waals surface area (Å²) < 4.78 is 5.33. The third kappa shape index (κ3) is 1.91. The van der Waals surface area contributed by atoms with E-state index >= 15 is 0 Å². The van der Waals surface area contributed by atoms with Crippen LogP contribution >= 0.6 is 0 Å². The van der Waals surface area contributed by atoms with Crippen molar-refractivity contribution in [2.24, 2.45) is 0 Å². The molecule has 1 atom stereocenters. The van der Waals surface area contributed by atoms with Crippen LogP contribution in [0.1, 0.15) is 25.6 Å². The number of nitrogens with one attached hydrogen (secondary N) is 2. The summed E-state index contributed by atoms with van der Waals surface area (Å²) in [6.45, 7) is 5.23. The van der Waals surface area contributed by atoms with Gasteiger partial charge in [-0.3, -0.25) is 0 Å². The normalized spacial score (nSPS) is 12.9. The fourth-order valence-electron chi connectivity index (χ4n) is 1.97. The average Bonchev–Trinajstić information content (AvgIpc) is 2.72. The highest BCUT2D eigenvalue weighted by Crippen LogP contribution is 2.27. The molecule has 1 aromatic carbocycles. The quantitative estimate of drug-likeness (QED) is 0.828. The number of hydrogen-bond donors (Lipinski definition) is 2. The van der Waals surface area contributed by atoms with Crippen LogP contribution in [0, 0.1) is 0 Å². The Morgan fingerprint density at radius 2 is 2.25 bits per heavy atom. The van der Waals surface area contributed by atoms with E-state index in [9.17, 15) is 0 Å². The lowest BCUT2D eigenvalue weighted by atomic mass is 10.2. The SMILES string of the molecule is CCNC(C)c1cc2cccc(OC)c2[nH]1. The Labute approximate surface area is 95.8 Å². The van der Waals surface area contributed by atoms with Gasteiger partial charge >= 0.3 is 0 Å². The maximum absolute atomic E-state index is 5.33. The van der Waals surface area contributed by atoms with Crippen LogP contribution in [0.4, 0.5) is 0 Å². The molecule has 0 saturated carbocycles. The van der Waals surface area contributed by atoms with Crippen LogP contribution in [0.5, 0.6) is 5.75 Å². The molecular formula is C13H18N2O. The lowest BCUT2D eigenvalue weighted by Gasteiger charge is -2.09. The number of fused-ring (bicyclic) bond motifs is 1. The fraction of sp³-hybridized carbons (Fsp3) is 0.385. The van der Waals surface area contributed by atoms with Crippen molar-refractivity contribution in [3.05, 3.63) is 30.0 Å². The highest BCUT2D eigenvalue weighted by Gasteiger charge is 2.09. The second kappa shape index (κ2) is 4.58. The van der Waals surface area contributed by atoms with Gasteiger partial charge < -0.3 is 15.0 Å². The van der Waals surface area contributed by atoms with E-state index < -0.39 is 0 Å². The van der Waals surface area contributed by atoms with Crippen molar-refractivity contribution in [3.8, 4) is 5.75 Å². The van der Waals surface area contributed by atoms with E-state index in [0.717, 1.165) is 17.8 Å². The minimum absolute atomic E-state index is 0.335. The molecule has 3 nitrogen and oxygen atoms in total. The van der Waals surface area contributed by atoms with Gasteiger partial charge in [0.15, 0.2) is 0 Å². The minimum atomic E-state index is 0.335. The summed E-state index contributed by atoms with van der Waals surface area (Å²) in [5, 5.41) is 4.58. The number of ether oxygens (including phenoxy) is 1. The molecule has 2 N–H and O–H groups in total. The van der Waals surface area contributed by atoms with Crippen molar-refractivity contribution in [3.63, 3.8) is 0 Å². The van der Waals surface area contributed by atoms with Gasteiger partial charge in [-0.1, -0.05) is 19.1 Å². The summed E-state index contributed by atoms with van der Waals surface area (Å²) >= 11 is 0. The third-order valence-corrected chi connectivity index (χ3v) is 2.84. The van der Waals surface area contributed by atoms with Gasteiger partial charge in [0.2, 0.25) is 0 Å². The lowest BCUT2D eigenvalue weighted by molar-refractivity contribution is 0.419. The molecule has 0 bridgehead atoms. The maximum Gasteiger partial charge on any atom is 0.142 e. The van der Waals surface area contributed by atoms with Gasteiger partial charge in [0.05, 0.1) is 12.6 Å². The zero-order chi connectivity index (χ0) is 11.5. The Kier molecular flexibility index (Phi) is 3.15. The third-order valence-electron chi connectivity index (χ3n) is 2.84. The molecule has 1 aromatic heterocycles. The molecule has 1 unspecified atom stereocenters. The monoisotopic (exact) mass is 218 g/mol. The van der Waals surface area contributed by atoms with E-state index in [1.165, 1.54) is 11.1 Å². The van der Waals surface area contributed by atoms with Crippen molar-refractivity contribution in [2.45, 2.75) is 19.9 Å². The summed E-state index contributed by atoms with van der Waals surface area (Å²) in [6, 6.07) is 8.58. The second-order valence-electron chi connectivity index (χ2n) is 3.93. The summed E-state index contributed by atoms with van der Waals surface area (Å²) in [6.07, 6.45) is 0. The van der Waals surface area contributed by atoms with Crippen molar-refractivity contribution < 1.29 is 4.74 Å². The molecule has 0 amide bonds. The Morgan fingerprint density at radius 3 is 2.94 bits per heavy atom. The van der Waals surface area contributed by atoms with Crippen LogP contribution in [-0.4, -0.2) is 18.6 Å². The number of para-hydroxylation sites is 1. The Bertz CT molecular complexity index is 476. The molecule has 0 aliphatic heterocycles. The average molecular weight is 218 g/mol. The first-order valence-electron chi connectivity index (χ1n) is 5.65. The number of aromatic nitrogens is 1. The van der Waals surface area contributed by atoms with Crippen LogP contribution in [0.25, 0.3) is 10.9 Å². The van der Waals surface area contributed by atoms with E-state index in [4.69, 9.17) is 4.74 Å². The number of hydrogen-bond acceptors (Lipinski definition) is 2. The smallest absolute Gasteiger partial charge is 0.142 e. The van der Waals surface area contributed by atoms with Gasteiger partial charge in [0.25, 0.3) is 0 Å². The van der Waals surface area contributed by atoms with Gasteiger partial charge in [0, 0.05) is 17.1 Å². The minimum Gasteiger partial charge on any atom is -0.495 e. The van der Waals surface area contributed by atoms with Crippen LogP contribution in [-0.2, 0) is 0 Å². The number of H-pyrrole nitrogens is 1. The second-order valence-corrected chi connectivity index (χ2v) is 3.93. The van der Waals surface area contributed by atoms with Crippen molar-refractivity contribution in [2.75, 3.05) is 13.7 Å². The van der Waals surface area contributed by atoms with Crippen LogP contribution in [0.3, 0.4) is 0 Å². The molecule has 16 heavy (non-hydrogen) atoms. The molecule has 1 heterocycles. The molecule has 0 aliphatic carbocycles. The topological polar surface area (TPSA) is 37.0 Å². The van der Waals surface area contributed by atoms with Crippen LogP contribution in [0.2, 0.25) is 0 Å². The van der Waals surface area contributed by atoms with Crippen molar-refractivity contribution >= 4 is 10.9 Å². The molecule has 2 rings (SSSR count). The number of benzene rings is 1. The summed E-state index contributed by atoms with van der Waals surface area (Å²) in [4.78, 5) is 3.41. The highest BCUT2D eigenvalue weighted by atomic mass is 16.5. The first kappa shape index (κ1) is 11.0. The van der Waals surface area contributed by atoms with Gasteiger partial charge in [-0.25, -0.2) is 0 Å². The molecule has 0 fully saturated rings. The number of aromatic amines is 1. The van der Waals surface area contributed by atoms with Crippen molar-refractivity contribution in [1.82, 2.24) is 10.3 Å². The van der Waals surface area contributed by atoms with Gasteiger partial charge in [-0.15, -0.1) is 0 Å². The highest BCUT2D eigenvalue weighted by molar-refractivity contribution is 5.86. The molecule has 86 valence electrons. The molecule has 2 aromatic rings. The zero-order valence-corrected chi connectivity index (χ0v) is 10.0. The van der Waals surface area contributed by atoms with E-state index in [0.29, 0.717) is 6.04 Å². The first-order valence-corrected chi connectivity index (χ1v) is 5.65. The zero-order valence-electron chi connectivity index (χ0n) is 10.0.